The fraction of sp³-hybridized carbons (Fsp3) is 0.400. The molecule has 1 aromatic rings. The predicted octanol–water partition coefficient (Wildman–Crippen LogP) is 1.06. The molecule has 1 heterocycles. The number of nitrogens with one attached hydrogen (secondary N) is 1. The van der Waals surface area contributed by atoms with E-state index in [1.54, 1.807) is 24.3 Å². The summed E-state index contributed by atoms with van der Waals surface area (Å²) in [6.07, 6.45) is -0.0787. The molecule has 106 valence electrons. The number of amides is 2. The van der Waals surface area contributed by atoms with Crippen molar-refractivity contribution in [1.82, 2.24) is 5.32 Å². The van der Waals surface area contributed by atoms with Gasteiger partial charge in [-0.15, -0.1) is 0 Å². The highest BCUT2D eigenvalue weighted by atomic mass is 16.3. The standard InChI is InChI=1S/C15H17NO4/c17-12(6-10-7-14(19)16-15(20)8-10)9-13(18)11-4-2-1-3-5-11/h1-5,10,12,17H,6-9H2,(H,16,19,20)/t12-/m0/s1. The average Bonchev–Trinajstić information content (AvgIpc) is 2.38. The van der Waals surface area contributed by atoms with Gasteiger partial charge in [0.2, 0.25) is 11.8 Å². The average molecular weight is 275 g/mol. The quantitative estimate of drug-likeness (QED) is 0.622. The summed E-state index contributed by atoms with van der Waals surface area (Å²) < 4.78 is 0. The van der Waals surface area contributed by atoms with Gasteiger partial charge < -0.3 is 5.11 Å². The van der Waals surface area contributed by atoms with Gasteiger partial charge in [-0.25, -0.2) is 0 Å². The van der Waals surface area contributed by atoms with Gasteiger partial charge in [0.15, 0.2) is 5.78 Å². The molecule has 1 fully saturated rings. The molecule has 0 spiro atoms. The molecule has 2 amide bonds. The monoisotopic (exact) mass is 275 g/mol. The van der Waals surface area contributed by atoms with Crippen LogP contribution in [-0.2, 0) is 9.59 Å². The van der Waals surface area contributed by atoms with Crippen molar-refractivity contribution in [2.45, 2.75) is 31.8 Å². The van der Waals surface area contributed by atoms with Crippen LogP contribution in [0.5, 0.6) is 0 Å². The molecule has 2 rings (SSSR count). The van der Waals surface area contributed by atoms with Crippen LogP contribution >= 0.6 is 0 Å². The Hall–Kier alpha value is -2.01. The lowest BCUT2D eigenvalue weighted by Crippen LogP contribution is -2.39. The lowest BCUT2D eigenvalue weighted by molar-refractivity contribution is -0.135. The normalized spacial score (nSPS) is 17.6. The fourth-order valence-electron chi connectivity index (χ4n) is 2.44. The summed E-state index contributed by atoms with van der Waals surface area (Å²) in [5.74, 6) is -0.944. The highest BCUT2D eigenvalue weighted by Crippen LogP contribution is 2.21. The first-order valence-electron chi connectivity index (χ1n) is 6.63. The first-order chi connectivity index (χ1) is 9.54. The molecule has 5 nitrogen and oxygen atoms in total. The van der Waals surface area contributed by atoms with Crippen molar-refractivity contribution in [3.63, 3.8) is 0 Å². The summed E-state index contributed by atoms with van der Waals surface area (Å²) in [7, 11) is 0. The highest BCUT2D eigenvalue weighted by Gasteiger charge is 2.27. The van der Waals surface area contributed by atoms with Crippen molar-refractivity contribution in [2.75, 3.05) is 0 Å². The van der Waals surface area contributed by atoms with E-state index < -0.39 is 6.10 Å². The van der Waals surface area contributed by atoms with Gasteiger partial charge in [-0.3, -0.25) is 19.7 Å². The van der Waals surface area contributed by atoms with E-state index in [1.807, 2.05) is 6.07 Å². The number of piperidine rings is 1. The first kappa shape index (κ1) is 14.4. The highest BCUT2D eigenvalue weighted by molar-refractivity contribution is 5.98. The van der Waals surface area contributed by atoms with Gasteiger partial charge >= 0.3 is 0 Å². The maximum Gasteiger partial charge on any atom is 0.226 e. The van der Waals surface area contributed by atoms with Crippen LogP contribution in [0.4, 0.5) is 0 Å². The Balaban J connectivity index is 1.86. The molecule has 0 saturated carbocycles. The Morgan fingerprint density at radius 3 is 2.40 bits per heavy atom. The summed E-state index contributed by atoms with van der Waals surface area (Å²) in [5, 5.41) is 12.2. The second-order valence-corrected chi connectivity index (χ2v) is 5.13. The van der Waals surface area contributed by atoms with E-state index in [-0.39, 0.29) is 49.2 Å². The molecule has 1 aliphatic rings. The zero-order valence-electron chi connectivity index (χ0n) is 11.0. The van der Waals surface area contributed by atoms with Crippen LogP contribution in [0.3, 0.4) is 0 Å². The van der Waals surface area contributed by atoms with E-state index in [1.165, 1.54) is 0 Å². The molecule has 1 atom stereocenters. The minimum absolute atomic E-state index is 0.0102. The SMILES string of the molecule is O=C1CC(C[C@H](O)CC(=O)c2ccccc2)CC(=O)N1. The molecule has 0 bridgehead atoms. The van der Waals surface area contributed by atoms with Crippen molar-refractivity contribution in [3.05, 3.63) is 35.9 Å². The van der Waals surface area contributed by atoms with Crippen molar-refractivity contribution in [3.8, 4) is 0 Å². The van der Waals surface area contributed by atoms with Gasteiger partial charge in [0.1, 0.15) is 0 Å². The van der Waals surface area contributed by atoms with Crippen molar-refractivity contribution >= 4 is 17.6 Å². The molecule has 2 N–H and O–H groups in total. The summed E-state index contributed by atoms with van der Waals surface area (Å²) >= 11 is 0. The van der Waals surface area contributed by atoms with E-state index in [9.17, 15) is 19.5 Å². The first-order valence-corrected chi connectivity index (χ1v) is 6.63. The number of carbonyl (C=O) groups is 3. The second-order valence-electron chi connectivity index (χ2n) is 5.13. The Morgan fingerprint density at radius 2 is 1.80 bits per heavy atom. The largest absolute Gasteiger partial charge is 0.393 e. The van der Waals surface area contributed by atoms with Gasteiger partial charge in [-0.1, -0.05) is 30.3 Å². The molecular formula is C15H17NO4. The lowest BCUT2D eigenvalue weighted by atomic mass is 9.89. The van der Waals surface area contributed by atoms with Crippen LogP contribution in [0.1, 0.15) is 36.0 Å². The van der Waals surface area contributed by atoms with Crippen LogP contribution in [0.2, 0.25) is 0 Å². The summed E-state index contributed by atoms with van der Waals surface area (Å²) in [6.45, 7) is 0. The summed E-state index contributed by atoms with van der Waals surface area (Å²) in [5.41, 5.74) is 0.559. The molecule has 5 heteroatoms. The van der Waals surface area contributed by atoms with E-state index in [0.717, 1.165) is 0 Å². The fourth-order valence-corrected chi connectivity index (χ4v) is 2.44. The zero-order valence-corrected chi connectivity index (χ0v) is 11.0. The third kappa shape index (κ3) is 3.99. The molecule has 0 radical (unpaired) electrons. The second kappa shape index (κ2) is 6.43. The molecule has 1 aliphatic heterocycles. The third-order valence-corrected chi connectivity index (χ3v) is 3.35. The number of hydrogen-bond acceptors (Lipinski definition) is 4. The van der Waals surface area contributed by atoms with Crippen LogP contribution in [0.25, 0.3) is 0 Å². The zero-order chi connectivity index (χ0) is 14.5. The van der Waals surface area contributed by atoms with Gasteiger partial charge in [0, 0.05) is 24.8 Å². The van der Waals surface area contributed by atoms with Crippen LogP contribution in [0, 0.1) is 5.92 Å². The number of benzene rings is 1. The lowest BCUT2D eigenvalue weighted by Gasteiger charge is -2.22. The minimum Gasteiger partial charge on any atom is -0.393 e. The Morgan fingerprint density at radius 1 is 1.20 bits per heavy atom. The molecule has 1 saturated heterocycles. The number of aliphatic hydroxyl groups excluding tert-OH is 1. The minimum atomic E-state index is -0.827. The topological polar surface area (TPSA) is 83.5 Å². The number of Topliss-reactive ketones (excluding diaryl/α,β-unsaturated/α-hetero) is 1. The van der Waals surface area contributed by atoms with E-state index in [2.05, 4.69) is 5.32 Å². The molecule has 1 aromatic carbocycles. The van der Waals surface area contributed by atoms with E-state index in [0.29, 0.717) is 5.56 Å². The molecule has 20 heavy (non-hydrogen) atoms. The summed E-state index contributed by atoms with van der Waals surface area (Å²) in [6, 6.07) is 8.76. The van der Waals surface area contributed by atoms with E-state index in [4.69, 9.17) is 0 Å². The molecule has 0 unspecified atom stereocenters. The Kier molecular flexibility index (Phi) is 4.63. The molecule has 0 aliphatic carbocycles. The predicted molar refractivity (Wildman–Crippen MR) is 71.9 cm³/mol. The number of hydrogen-bond donors (Lipinski definition) is 2. The van der Waals surface area contributed by atoms with Gasteiger partial charge in [0.05, 0.1) is 6.10 Å². The van der Waals surface area contributed by atoms with Crippen molar-refractivity contribution in [1.29, 1.82) is 0 Å². The van der Waals surface area contributed by atoms with Crippen molar-refractivity contribution < 1.29 is 19.5 Å². The molecular weight excluding hydrogens is 258 g/mol. The number of aliphatic hydroxyl groups is 1. The van der Waals surface area contributed by atoms with Crippen LogP contribution in [0.15, 0.2) is 30.3 Å². The third-order valence-electron chi connectivity index (χ3n) is 3.35. The van der Waals surface area contributed by atoms with Gasteiger partial charge in [-0.2, -0.15) is 0 Å². The molecule has 0 aromatic heterocycles. The van der Waals surface area contributed by atoms with E-state index >= 15 is 0 Å². The maximum atomic E-state index is 11.9. The van der Waals surface area contributed by atoms with Crippen LogP contribution < -0.4 is 5.32 Å². The van der Waals surface area contributed by atoms with Crippen LogP contribution in [-0.4, -0.2) is 28.8 Å². The Bertz CT molecular complexity index is 496. The Labute approximate surface area is 117 Å². The summed E-state index contributed by atoms with van der Waals surface area (Å²) in [4.78, 5) is 34.4. The van der Waals surface area contributed by atoms with Gasteiger partial charge in [-0.05, 0) is 12.3 Å². The maximum absolute atomic E-state index is 11.9. The smallest absolute Gasteiger partial charge is 0.226 e. The van der Waals surface area contributed by atoms with Gasteiger partial charge in [0.25, 0.3) is 0 Å². The number of ketones is 1. The van der Waals surface area contributed by atoms with Crippen molar-refractivity contribution in [2.24, 2.45) is 5.92 Å². The number of carbonyl (C=O) groups excluding carboxylic acids is 3. The number of imide groups is 1. The number of rotatable bonds is 5.